The number of nitrogens with zero attached hydrogens (tertiary/aromatic N) is 4. The van der Waals surface area contributed by atoms with Gasteiger partial charge in [-0.2, -0.15) is 0 Å². The van der Waals surface area contributed by atoms with Crippen molar-refractivity contribution in [3.8, 4) is 0 Å². The van der Waals surface area contributed by atoms with Gasteiger partial charge in [0.05, 0.1) is 17.4 Å². The largest absolute Gasteiger partial charge is 0.368 e. The lowest BCUT2D eigenvalue weighted by Gasteiger charge is -2.37. The van der Waals surface area contributed by atoms with Crippen molar-refractivity contribution in [1.82, 2.24) is 14.5 Å². The summed E-state index contributed by atoms with van der Waals surface area (Å²) in [4.78, 5) is 21.5. The number of benzene rings is 2. The van der Waals surface area contributed by atoms with Gasteiger partial charge in [0.15, 0.2) is 0 Å². The summed E-state index contributed by atoms with van der Waals surface area (Å²) in [5.41, 5.74) is 5.87. The molecule has 2 aromatic carbocycles. The zero-order valence-electron chi connectivity index (χ0n) is 15.4. The topological polar surface area (TPSA) is 41.4 Å². The number of para-hydroxylation sites is 2. The lowest BCUT2D eigenvalue weighted by atomic mass is 10.1. The van der Waals surface area contributed by atoms with E-state index in [1.807, 2.05) is 33.7 Å². The van der Waals surface area contributed by atoms with E-state index in [9.17, 15) is 4.79 Å². The van der Waals surface area contributed by atoms with Crippen LogP contribution < -0.4 is 4.90 Å². The van der Waals surface area contributed by atoms with E-state index in [0.29, 0.717) is 6.54 Å². The molecule has 1 amide bonds. The molecule has 3 aromatic rings. The van der Waals surface area contributed by atoms with E-state index in [0.717, 1.165) is 37.2 Å². The summed E-state index contributed by atoms with van der Waals surface area (Å²) >= 11 is 0. The highest BCUT2D eigenvalue weighted by Gasteiger charge is 2.22. The molecule has 0 spiro atoms. The van der Waals surface area contributed by atoms with Gasteiger partial charge in [0.1, 0.15) is 6.54 Å². The minimum Gasteiger partial charge on any atom is -0.368 e. The van der Waals surface area contributed by atoms with E-state index < -0.39 is 0 Å². The van der Waals surface area contributed by atoms with E-state index in [1.165, 1.54) is 16.8 Å². The van der Waals surface area contributed by atoms with Crippen LogP contribution in [0.1, 0.15) is 11.1 Å². The molecule has 1 aromatic heterocycles. The Morgan fingerprint density at radius 2 is 1.77 bits per heavy atom. The second-order valence-corrected chi connectivity index (χ2v) is 6.95. The molecule has 0 aliphatic carbocycles. The second-order valence-electron chi connectivity index (χ2n) is 6.95. The molecule has 1 saturated heterocycles. The number of hydrogen-bond donors (Lipinski definition) is 0. The molecule has 1 aliphatic rings. The third-order valence-electron chi connectivity index (χ3n) is 5.38. The number of rotatable bonds is 3. The van der Waals surface area contributed by atoms with Crippen LogP contribution >= 0.6 is 0 Å². The Kier molecular flexibility index (Phi) is 4.37. The molecule has 0 saturated carbocycles. The molecule has 0 radical (unpaired) electrons. The molecule has 5 nitrogen and oxygen atoms in total. The fourth-order valence-electron chi connectivity index (χ4n) is 3.66. The molecule has 26 heavy (non-hydrogen) atoms. The first kappa shape index (κ1) is 16.6. The monoisotopic (exact) mass is 348 g/mol. The smallest absolute Gasteiger partial charge is 0.242 e. The van der Waals surface area contributed by atoms with Gasteiger partial charge in [0, 0.05) is 31.9 Å². The fraction of sp³-hybridized carbons (Fsp3) is 0.333. The predicted molar refractivity (Wildman–Crippen MR) is 104 cm³/mol. The van der Waals surface area contributed by atoms with Gasteiger partial charge in [0.2, 0.25) is 5.91 Å². The maximum Gasteiger partial charge on any atom is 0.242 e. The Hall–Kier alpha value is -2.82. The molecule has 0 unspecified atom stereocenters. The molecule has 0 bridgehead atoms. The van der Waals surface area contributed by atoms with Crippen molar-refractivity contribution >= 4 is 22.6 Å². The summed E-state index contributed by atoms with van der Waals surface area (Å²) in [5, 5.41) is 0. The highest BCUT2D eigenvalue weighted by atomic mass is 16.2. The number of fused-ring (bicyclic) bond motifs is 1. The van der Waals surface area contributed by atoms with Gasteiger partial charge in [-0.3, -0.25) is 4.79 Å². The Balaban J connectivity index is 1.41. The Labute approximate surface area is 153 Å². The van der Waals surface area contributed by atoms with E-state index in [2.05, 4.69) is 41.9 Å². The summed E-state index contributed by atoms with van der Waals surface area (Å²) in [6.07, 6.45) is 1.76. The number of anilines is 1. The Morgan fingerprint density at radius 1 is 1.00 bits per heavy atom. The van der Waals surface area contributed by atoms with Crippen LogP contribution in [0.25, 0.3) is 11.0 Å². The van der Waals surface area contributed by atoms with Crippen LogP contribution in [0, 0.1) is 13.8 Å². The van der Waals surface area contributed by atoms with Crippen LogP contribution in [-0.4, -0.2) is 46.5 Å². The lowest BCUT2D eigenvalue weighted by Crippen LogP contribution is -2.49. The number of hydrogen-bond acceptors (Lipinski definition) is 3. The fourth-order valence-corrected chi connectivity index (χ4v) is 3.66. The third kappa shape index (κ3) is 3.05. The van der Waals surface area contributed by atoms with E-state index in [-0.39, 0.29) is 5.91 Å². The van der Waals surface area contributed by atoms with Crippen molar-refractivity contribution in [3.63, 3.8) is 0 Å². The summed E-state index contributed by atoms with van der Waals surface area (Å²) < 4.78 is 1.94. The summed E-state index contributed by atoms with van der Waals surface area (Å²) in [6, 6.07) is 14.4. The van der Waals surface area contributed by atoms with Gasteiger partial charge in [-0.25, -0.2) is 4.98 Å². The van der Waals surface area contributed by atoms with Crippen LogP contribution in [0.3, 0.4) is 0 Å². The average molecular weight is 348 g/mol. The molecule has 2 heterocycles. The predicted octanol–water partition coefficient (Wildman–Crippen LogP) is 3.00. The van der Waals surface area contributed by atoms with Crippen molar-refractivity contribution < 1.29 is 4.79 Å². The molecular formula is C21H24N4O. The van der Waals surface area contributed by atoms with E-state index >= 15 is 0 Å². The highest BCUT2D eigenvalue weighted by molar-refractivity contribution is 5.80. The Morgan fingerprint density at radius 3 is 2.58 bits per heavy atom. The van der Waals surface area contributed by atoms with Crippen LogP contribution in [0.5, 0.6) is 0 Å². The number of carbonyl (C=O) groups excluding carboxylic acids is 1. The zero-order valence-corrected chi connectivity index (χ0v) is 15.4. The molecule has 4 rings (SSSR count). The van der Waals surface area contributed by atoms with Gasteiger partial charge in [0.25, 0.3) is 0 Å². The maximum absolute atomic E-state index is 12.7. The number of amides is 1. The first-order valence-corrected chi connectivity index (χ1v) is 9.12. The molecule has 0 atom stereocenters. The number of aromatic nitrogens is 2. The van der Waals surface area contributed by atoms with Gasteiger partial charge < -0.3 is 14.4 Å². The second kappa shape index (κ2) is 6.83. The van der Waals surface area contributed by atoms with Gasteiger partial charge in [-0.15, -0.1) is 0 Å². The minimum atomic E-state index is 0.161. The summed E-state index contributed by atoms with van der Waals surface area (Å²) in [7, 11) is 0. The molecule has 1 fully saturated rings. The highest BCUT2D eigenvalue weighted by Crippen LogP contribution is 2.24. The summed E-state index contributed by atoms with van der Waals surface area (Å²) in [6.45, 7) is 7.95. The van der Waals surface area contributed by atoms with Crippen molar-refractivity contribution in [2.75, 3.05) is 31.1 Å². The molecule has 1 aliphatic heterocycles. The van der Waals surface area contributed by atoms with Crippen LogP contribution in [-0.2, 0) is 11.3 Å². The van der Waals surface area contributed by atoms with Gasteiger partial charge in [-0.05, 0) is 43.2 Å². The molecule has 134 valence electrons. The number of piperazine rings is 1. The standard InChI is InChI=1S/C21H24N4O/c1-16-6-5-9-19(17(16)2)23-10-12-24(13-11-23)21(26)14-25-15-22-18-7-3-4-8-20(18)25/h3-9,15H,10-14H2,1-2H3. The lowest BCUT2D eigenvalue weighted by molar-refractivity contribution is -0.132. The van der Waals surface area contributed by atoms with E-state index in [1.54, 1.807) is 6.33 Å². The van der Waals surface area contributed by atoms with Gasteiger partial charge in [-0.1, -0.05) is 24.3 Å². The van der Waals surface area contributed by atoms with Crippen molar-refractivity contribution in [2.24, 2.45) is 0 Å². The zero-order chi connectivity index (χ0) is 18.1. The summed E-state index contributed by atoms with van der Waals surface area (Å²) in [5.74, 6) is 0.161. The third-order valence-corrected chi connectivity index (χ3v) is 5.38. The maximum atomic E-state index is 12.7. The molecule has 0 N–H and O–H groups in total. The Bertz CT molecular complexity index is 938. The van der Waals surface area contributed by atoms with E-state index in [4.69, 9.17) is 0 Å². The van der Waals surface area contributed by atoms with Crippen LogP contribution in [0.4, 0.5) is 5.69 Å². The number of imidazole rings is 1. The molecule has 5 heteroatoms. The van der Waals surface area contributed by atoms with Crippen LogP contribution in [0.15, 0.2) is 48.8 Å². The number of carbonyl (C=O) groups is 1. The van der Waals surface area contributed by atoms with Crippen molar-refractivity contribution in [1.29, 1.82) is 0 Å². The first-order chi connectivity index (χ1) is 12.6. The van der Waals surface area contributed by atoms with Crippen molar-refractivity contribution in [2.45, 2.75) is 20.4 Å². The minimum absolute atomic E-state index is 0.161. The SMILES string of the molecule is Cc1cccc(N2CCN(C(=O)Cn3cnc4ccccc43)CC2)c1C. The molecular weight excluding hydrogens is 324 g/mol. The normalized spacial score (nSPS) is 14.8. The van der Waals surface area contributed by atoms with Gasteiger partial charge >= 0.3 is 0 Å². The first-order valence-electron chi connectivity index (χ1n) is 9.12. The number of aryl methyl sites for hydroxylation is 1. The average Bonchev–Trinajstić information content (AvgIpc) is 3.07. The van der Waals surface area contributed by atoms with Crippen molar-refractivity contribution in [3.05, 3.63) is 59.9 Å². The quantitative estimate of drug-likeness (QED) is 0.731. The van der Waals surface area contributed by atoms with Crippen LogP contribution in [0.2, 0.25) is 0 Å².